The third kappa shape index (κ3) is 3.74. The Morgan fingerprint density at radius 1 is 1.00 bits per heavy atom. The number of hydrogen-bond donors (Lipinski definition) is 1. The molecule has 0 bridgehead atoms. The van der Waals surface area contributed by atoms with Crippen LogP contribution >= 0.6 is 11.3 Å². The summed E-state index contributed by atoms with van der Waals surface area (Å²) in [5.74, 6) is 0. The fourth-order valence-corrected chi connectivity index (χ4v) is 5.48. The van der Waals surface area contributed by atoms with E-state index in [1.807, 2.05) is 72.3 Å². The van der Waals surface area contributed by atoms with Gasteiger partial charge in [-0.15, -0.1) is 0 Å². The van der Waals surface area contributed by atoms with E-state index in [1.54, 1.807) is 27.9 Å². The second kappa shape index (κ2) is 8.61. The number of thiazole rings is 1. The Labute approximate surface area is 204 Å². The van der Waals surface area contributed by atoms with E-state index in [4.69, 9.17) is 4.98 Å². The molecule has 4 heterocycles. The van der Waals surface area contributed by atoms with E-state index in [0.717, 1.165) is 15.8 Å². The van der Waals surface area contributed by atoms with Crippen LogP contribution in [0.5, 0.6) is 0 Å². The highest BCUT2D eigenvalue weighted by atomic mass is 32.1. The van der Waals surface area contributed by atoms with Crippen molar-refractivity contribution in [2.24, 2.45) is 0 Å². The largest absolute Gasteiger partial charge is 0.370 e. The molecule has 1 N–H and O–H groups in total. The van der Waals surface area contributed by atoms with Gasteiger partial charge in [-0.05, 0) is 42.8 Å². The van der Waals surface area contributed by atoms with Crippen LogP contribution in [0.4, 0.5) is 0 Å². The van der Waals surface area contributed by atoms with Gasteiger partial charge in [0.2, 0.25) is 5.13 Å². The first-order valence-electron chi connectivity index (χ1n) is 11.3. The van der Waals surface area contributed by atoms with Crippen LogP contribution in [-0.2, 0) is 13.1 Å². The van der Waals surface area contributed by atoms with Crippen LogP contribution in [0.3, 0.4) is 0 Å². The average Bonchev–Trinajstić information content (AvgIpc) is 3.41. The Hall–Kier alpha value is -4.08. The molecule has 1 atom stereocenters. The van der Waals surface area contributed by atoms with Crippen LogP contribution in [0.25, 0.3) is 27.1 Å². The highest BCUT2D eigenvalue weighted by molar-refractivity contribution is 7.20. The molecule has 1 unspecified atom stereocenters. The van der Waals surface area contributed by atoms with Gasteiger partial charge >= 0.3 is 0 Å². The first-order chi connectivity index (χ1) is 17.1. The minimum absolute atomic E-state index is 0.167. The van der Waals surface area contributed by atoms with Gasteiger partial charge in [-0.25, -0.2) is 4.98 Å². The van der Waals surface area contributed by atoms with E-state index in [-0.39, 0.29) is 5.56 Å². The summed E-state index contributed by atoms with van der Waals surface area (Å²) in [4.78, 5) is 20.5. The number of aliphatic hydroxyl groups is 1. The number of rotatable bonds is 5. The Kier molecular flexibility index (Phi) is 5.28. The predicted molar refractivity (Wildman–Crippen MR) is 135 cm³/mol. The first kappa shape index (κ1) is 21.5. The molecule has 1 aliphatic rings. The van der Waals surface area contributed by atoms with Crippen molar-refractivity contribution >= 4 is 33.3 Å². The van der Waals surface area contributed by atoms with E-state index in [0.29, 0.717) is 40.2 Å². The zero-order chi connectivity index (χ0) is 23.9. The molecule has 6 rings (SSSR count). The van der Waals surface area contributed by atoms with Gasteiger partial charge in [0.1, 0.15) is 6.23 Å². The summed E-state index contributed by atoms with van der Waals surface area (Å²) in [7, 11) is 0. The lowest BCUT2D eigenvalue weighted by Gasteiger charge is -2.30. The molecule has 0 fully saturated rings. The van der Waals surface area contributed by atoms with Gasteiger partial charge in [0.05, 0.1) is 39.6 Å². The molecule has 0 radical (unpaired) electrons. The Balaban J connectivity index is 1.59. The Morgan fingerprint density at radius 3 is 2.57 bits per heavy atom. The van der Waals surface area contributed by atoms with Crippen LogP contribution in [0, 0.1) is 0 Å². The van der Waals surface area contributed by atoms with Crippen molar-refractivity contribution in [3.8, 4) is 5.13 Å². The van der Waals surface area contributed by atoms with Gasteiger partial charge in [0.25, 0.3) is 5.56 Å². The molecular formula is C26H22N6O2S. The summed E-state index contributed by atoms with van der Waals surface area (Å²) in [6, 6.07) is 21.5. The van der Waals surface area contributed by atoms with E-state index in [9.17, 15) is 9.90 Å². The van der Waals surface area contributed by atoms with Crippen molar-refractivity contribution in [3.63, 3.8) is 0 Å². The molecule has 3 aromatic heterocycles. The molecule has 0 spiro atoms. The van der Waals surface area contributed by atoms with Crippen molar-refractivity contribution in [1.29, 1.82) is 0 Å². The molecule has 174 valence electrons. The zero-order valence-corrected chi connectivity index (χ0v) is 19.8. The maximum Gasteiger partial charge on any atom is 0.283 e. The molecule has 35 heavy (non-hydrogen) atoms. The second-order valence-electron chi connectivity index (χ2n) is 8.39. The number of para-hydroxylation sites is 1. The summed E-state index contributed by atoms with van der Waals surface area (Å²) < 4.78 is 4.56. The van der Waals surface area contributed by atoms with E-state index in [1.165, 1.54) is 11.3 Å². The van der Waals surface area contributed by atoms with Crippen LogP contribution in [0.2, 0.25) is 0 Å². The molecule has 2 aromatic carbocycles. The fraction of sp³-hybridized carbons (Fsp3) is 0.154. The lowest BCUT2D eigenvalue weighted by molar-refractivity contribution is 0.0913. The minimum Gasteiger partial charge on any atom is -0.370 e. The Bertz CT molecular complexity index is 1670. The zero-order valence-electron chi connectivity index (χ0n) is 18.9. The van der Waals surface area contributed by atoms with Crippen molar-refractivity contribution in [3.05, 3.63) is 105 Å². The maximum absolute atomic E-state index is 13.9. The van der Waals surface area contributed by atoms with Crippen LogP contribution < -0.4 is 16.1 Å². The molecule has 8 nitrogen and oxygen atoms in total. The van der Waals surface area contributed by atoms with Gasteiger partial charge in [-0.1, -0.05) is 53.8 Å². The molecule has 0 aliphatic carbocycles. The highest BCUT2D eigenvalue weighted by Crippen LogP contribution is 2.24. The van der Waals surface area contributed by atoms with Crippen molar-refractivity contribution in [2.75, 3.05) is 0 Å². The molecule has 9 heteroatoms. The summed E-state index contributed by atoms with van der Waals surface area (Å²) in [5, 5.41) is 21.0. The van der Waals surface area contributed by atoms with Crippen LogP contribution in [-0.4, -0.2) is 40.8 Å². The second-order valence-corrected chi connectivity index (χ2v) is 9.40. The van der Waals surface area contributed by atoms with E-state index >= 15 is 0 Å². The molecule has 0 saturated carbocycles. The van der Waals surface area contributed by atoms with Crippen molar-refractivity contribution < 1.29 is 5.11 Å². The van der Waals surface area contributed by atoms with Gasteiger partial charge in [-0.3, -0.25) is 9.48 Å². The topological polar surface area (TPSA) is 89.1 Å². The number of benzene rings is 2. The quantitative estimate of drug-likeness (QED) is 0.411. The summed E-state index contributed by atoms with van der Waals surface area (Å²) >= 11 is 1.47. The van der Waals surface area contributed by atoms with E-state index < -0.39 is 6.23 Å². The first-order valence-corrected chi connectivity index (χ1v) is 12.1. The normalized spacial score (nSPS) is 15.3. The SMILES string of the molecule is CC1=c2c(n(Cc3ccccc3)n(-c3nc4ccccc4s3)c2=O)=CC(O)N1Cc1cccnn1. The van der Waals surface area contributed by atoms with Crippen LogP contribution in [0.1, 0.15) is 18.2 Å². The summed E-state index contributed by atoms with van der Waals surface area (Å²) in [6.45, 7) is 2.66. The minimum atomic E-state index is -0.919. The van der Waals surface area contributed by atoms with Crippen LogP contribution in [0.15, 0.2) is 77.7 Å². The average molecular weight is 483 g/mol. The smallest absolute Gasteiger partial charge is 0.283 e. The molecule has 5 aromatic rings. The van der Waals surface area contributed by atoms with Crippen molar-refractivity contribution in [2.45, 2.75) is 26.2 Å². The van der Waals surface area contributed by atoms with Gasteiger partial charge in [0, 0.05) is 11.9 Å². The maximum atomic E-state index is 13.9. The monoisotopic (exact) mass is 482 g/mol. The predicted octanol–water partition coefficient (Wildman–Crippen LogP) is 1.83. The highest BCUT2D eigenvalue weighted by Gasteiger charge is 2.26. The fourth-order valence-electron chi connectivity index (χ4n) is 4.50. The number of aliphatic hydroxyl groups excluding tert-OH is 1. The molecule has 1 aliphatic heterocycles. The van der Waals surface area contributed by atoms with Gasteiger partial charge in [-0.2, -0.15) is 14.9 Å². The summed E-state index contributed by atoms with van der Waals surface area (Å²) in [5.41, 5.74) is 3.12. The number of nitrogens with zero attached hydrogens (tertiary/aromatic N) is 6. The molecule has 0 amide bonds. The third-order valence-corrected chi connectivity index (χ3v) is 7.21. The molecule has 0 saturated heterocycles. The molecular weight excluding hydrogens is 460 g/mol. The van der Waals surface area contributed by atoms with Gasteiger partial charge in [0.15, 0.2) is 0 Å². The lowest BCUT2D eigenvalue weighted by atomic mass is 10.2. The standard InChI is InChI=1S/C26H22N6O2S/c1-17-24-21(14-23(33)30(17)16-19-10-7-13-27-29-19)31(15-18-8-3-2-4-9-18)32(25(24)34)26-28-20-11-5-6-12-22(20)35-26/h2-14,23,33H,15-16H2,1H3. The van der Waals surface area contributed by atoms with E-state index in [2.05, 4.69) is 10.2 Å². The number of hydrogen-bond acceptors (Lipinski definition) is 7. The van der Waals surface area contributed by atoms with Crippen molar-refractivity contribution in [1.82, 2.24) is 29.4 Å². The number of aromatic nitrogens is 5. The Morgan fingerprint density at radius 2 is 1.80 bits per heavy atom. The number of fused-ring (bicyclic) bond motifs is 2. The summed E-state index contributed by atoms with van der Waals surface area (Å²) in [6.07, 6.45) is 2.42. The third-order valence-electron chi connectivity index (χ3n) is 6.20. The van der Waals surface area contributed by atoms with Gasteiger partial charge < -0.3 is 10.0 Å². The lowest BCUT2D eigenvalue weighted by Crippen LogP contribution is -2.49.